The number of amides is 1. The minimum atomic E-state index is -0.870. The molecule has 0 saturated carbocycles. The minimum Gasteiger partial charge on any atom is -0.465 e. The molecule has 2 aromatic carbocycles. The molecule has 2 rings (SSSR count). The van der Waals surface area contributed by atoms with E-state index in [2.05, 4.69) is 14.8 Å². The van der Waals surface area contributed by atoms with Crippen molar-refractivity contribution in [2.75, 3.05) is 19.5 Å². The highest BCUT2D eigenvalue weighted by molar-refractivity contribution is 6.31. The second-order valence-corrected chi connectivity index (χ2v) is 5.55. The fourth-order valence-electron chi connectivity index (χ4n) is 2.22. The van der Waals surface area contributed by atoms with Gasteiger partial charge in [-0.3, -0.25) is 14.9 Å². The zero-order chi connectivity index (χ0) is 20.1. The molecule has 9 nitrogen and oxygen atoms in total. The van der Waals surface area contributed by atoms with E-state index in [1.807, 2.05) is 0 Å². The molecule has 0 aliphatic rings. The molecule has 0 aliphatic carbocycles. The van der Waals surface area contributed by atoms with Crippen LogP contribution >= 0.6 is 11.6 Å². The Kier molecular flexibility index (Phi) is 6.09. The van der Waals surface area contributed by atoms with Gasteiger partial charge in [-0.1, -0.05) is 11.6 Å². The summed E-state index contributed by atoms with van der Waals surface area (Å²) in [7, 11) is 2.32. The number of methoxy groups -OCH3 is 2. The van der Waals surface area contributed by atoms with Crippen molar-refractivity contribution >= 4 is 40.8 Å². The van der Waals surface area contributed by atoms with Crippen LogP contribution in [0.2, 0.25) is 5.02 Å². The molecule has 0 aliphatic heterocycles. The zero-order valence-electron chi connectivity index (χ0n) is 14.1. The van der Waals surface area contributed by atoms with Crippen molar-refractivity contribution in [1.82, 2.24) is 0 Å². The molecule has 0 saturated heterocycles. The third-order valence-corrected chi connectivity index (χ3v) is 3.73. The molecule has 1 N–H and O–H groups in total. The average Bonchev–Trinajstić information content (AvgIpc) is 2.66. The SMILES string of the molecule is COC(=O)c1ccc(C(=O)OC)c(NC(=O)c2ccc(Cl)cc2[N+](=O)[O-])c1. The maximum Gasteiger partial charge on any atom is 0.339 e. The summed E-state index contributed by atoms with van der Waals surface area (Å²) in [6, 6.07) is 7.32. The van der Waals surface area contributed by atoms with Crippen LogP contribution in [0.1, 0.15) is 31.1 Å². The van der Waals surface area contributed by atoms with Crippen molar-refractivity contribution in [2.45, 2.75) is 0 Å². The molecule has 0 bridgehead atoms. The van der Waals surface area contributed by atoms with Crippen LogP contribution in [0.25, 0.3) is 0 Å². The van der Waals surface area contributed by atoms with E-state index in [0.717, 1.165) is 13.2 Å². The molecule has 0 spiro atoms. The topological polar surface area (TPSA) is 125 Å². The molecule has 0 fully saturated rings. The largest absolute Gasteiger partial charge is 0.465 e. The van der Waals surface area contributed by atoms with Gasteiger partial charge in [-0.05, 0) is 30.3 Å². The molecule has 2 aromatic rings. The molecule has 10 heteroatoms. The van der Waals surface area contributed by atoms with Gasteiger partial charge < -0.3 is 14.8 Å². The Balaban J connectivity index is 2.49. The number of carbonyl (C=O) groups excluding carboxylic acids is 3. The maximum absolute atomic E-state index is 12.5. The van der Waals surface area contributed by atoms with Crippen LogP contribution in [0.4, 0.5) is 11.4 Å². The van der Waals surface area contributed by atoms with Crippen LogP contribution in [0.15, 0.2) is 36.4 Å². The van der Waals surface area contributed by atoms with Gasteiger partial charge in [0.1, 0.15) is 5.56 Å². The van der Waals surface area contributed by atoms with Crippen LogP contribution < -0.4 is 5.32 Å². The molecule has 1 amide bonds. The summed E-state index contributed by atoms with van der Waals surface area (Å²) in [5.41, 5.74) is -0.840. The number of nitro groups is 1. The fraction of sp³-hybridized carbons (Fsp3) is 0.118. The predicted octanol–water partition coefficient (Wildman–Crippen LogP) is 3.07. The van der Waals surface area contributed by atoms with Gasteiger partial charge in [0.15, 0.2) is 0 Å². The van der Waals surface area contributed by atoms with Crippen LogP contribution in [0, 0.1) is 10.1 Å². The number of hydrogen-bond acceptors (Lipinski definition) is 7. The maximum atomic E-state index is 12.5. The first-order valence-electron chi connectivity index (χ1n) is 7.34. The number of anilines is 1. The number of nitrogens with zero attached hydrogens (tertiary/aromatic N) is 1. The molecule has 0 radical (unpaired) electrons. The van der Waals surface area contributed by atoms with Crippen molar-refractivity contribution in [2.24, 2.45) is 0 Å². The van der Waals surface area contributed by atoms with Gasteiger partial charge in [0.05, 0.1) is 36.0 Å². The van der Waals surface area contributed by atoms with Crippen molar-refractivity contribution in [3.05, 3.63) is 68.2 Å². The Morgan fingerprint density at radius 2 is 1.63 bits per heavy atom. The summed E-state index contributed by atoms with van der Waals surface area (Å²) in [5, 5.41) is 13.6. The molecule has 0 aromatic heterocycles. The first kappa shape index (κ1) is 19.9. The summed E-state index contributed by atoms with van der Waals surface area (Å²) < 4.78 is 9.24. The fourth-order valence-corrected chi connectivity index (χ4v) is 2.38. The quantitative estimate of drug-likeness (QED) is 0.470. The number of halogens is 1. The highest BCUT2D eigenvalue weighted by Gasteiger charge is 2.23. The molecule has 0 heterocycles. The number of rotatable bonds is 5. The molecular formula is C17H13ClN2O7. The van der Waals surface area contributed by atoms with Crippen molar-refractivity contribution in [3.63, 3.8) is 0 Å². The van der Waals surface area contributed by atoms with Gasteiger partial charge in [0.25, 0.3) is 11.6 Å². The standard InChI is InChI=1S/C17H13ClN2O7/c1-26-16(22)9-3-5-11(17(23)27-2)13(7-9)19-15(21)12-6-4-10(18)8-14(12)20(24)25/h3-8H,1-2H3,(H,19,21). The van der Waals surface area contributed by atoms with Gasteiger partial charge >= 0.3 is 11.9 Å². The molecule has 0 unspecified atom stereocenters. The first-order valence-corrected chi connectivity index (χ1v) is 7.72. The lowest BCUT2D eigenvalue weighted by Crippen LogP contribution is -2.17. The summed E-state index contributed by atoms with van der Waals surface area (Å²) >= 11 is 5.73. The molecule has 27 heavy (non-hydrogen) atoms. The molecule has 140 valence electrons. The Morgan fingerprint density at radius 3 is 2.22 bits per heavy atom. The normalized spacial score (nSPS) is 10.0. The minimum absolute atomic E-state index is 0.0462. The van der Waals surface area contributed by atoms with Crippen LogP contribution in [-0.4, -0.2) is 37.0 Å². The summed E-state index contributed by atoms with van der Waals surface area (Å²) in [6.07, 6.45) is 0. The number of ether oxygens (including phenoxy) is 2. The number of nitro benzene ring substituents is 1. The van der Waals surface area contributed by atoms with Crippen LogP contribution in [-0.2, 0) is 9.47 Å². The van der Waals surface area contributed by atoms with E-state index in [4.69, 9.17) is 11.6 Å². The molecular weight excluding hydrogens is 380 g/mol. The number of esters is 2. The lowest BCUT2D eigenvalue weighted by atomic mass is 10.1. The highest BCUT2D eigenvalue weighted by Crippen LogP contribution is 2.26. The monoisotopic (exact) mass is 392 g/mol. The Hall–Kier alpha value is -3.46. The number of carbonyl (C=O) groups is 3. The number of nitrogens with one attached hydrogen (secondary N) is 1. The Labute approximate surface area is 158 Å². The van der Waals surface area contributed by atoms with E-state index in [-0.39, 0.29) is 27.4 Å². The van der Waals surface area contributed by atoms with Gasteiger partial charge in [-0.15, -0.1) is 0 Å². The zero-order valence-corrected chi connectivity index (χ0v) is 14.9. The highest BCUT2D eigenvalue weighted by atomic mass is 35.5. The van der Waals surface area contributed by atoms with Crippen LogP contribution in [0.3, 0.4) is 0 Å². The Bertz CT molecular complexity index is 943. The van der Waals surface area contributed by atoms with E-state index < -0.39 is 28.5 Å². The van der Waals surface area contributed by atoms with E-state index in [1.54, 1.807) is 0 Å². The third kappa shape index (κ3) is 4.39. The first-order chi connectivity index (χ1) is 12.8. The van der Waals surface area contributed by atoms with Crippen molar-refractivity contribution < 1.29 is 28.8 Å². The summed E-state index contributed by atoms with van der Waals surface area (Å²) in [4.78, 5) is 46.6. The lowest BCUT2D eigenvalue weighted by Gasteiger charge is -2.11. The van der Waals surface area contributed by atoms with Crippen LogP contribution in [0.5, 0.6) is 0 Å². The van der Waals surface area contributed by atoms with Crippen molar-refractivity contribution in [3.8, 4) is 0 Å². The summed E-state index contributed by atoms with van der Waals surface area (Å²) in [5.74, 6) is -2.34. The third-order valence-electron chi connectivity index (χ3n) is 3.50. The van der Waals surface area contributed by atoms with E-state index in [0.29, 0.717) is 0 Å². The van der Waals surface area contributed by atoms with E-state index in [1.165, 1.54) is 37.4 Å². The summed E-state index contributed by atoms with van der Waals surface area (Å²) in [6.45, 7) is 0. The lowest BCUT2D eigenvalue weighted by molar-refractivity contribution is -0.385. The van der Waals surface area contributed by atoms with Gasteiger partial charge in [-0.2, -0.15) is 0 Å². The van der Waals surface area contributed by atoms with Crippen molar-refractivity contribution in [1.29, 1.82) is 0 Å². The molecule has 0 atom stereocenters. The van der Waals surface area contributed by atoms with Gasteiger partial charge in [-0.25, -0.2) is 9.59 Å². The number of hydrogen-bond donors (Lipinski definition) is 1. The van der Waals surface area contributed by atoms with Gasteiger partial charge in [0, 0.05) is 11.1 Å². The van der Waals surface area contributed by atoms with E-state index in [9.17, 15) is 24.5 Å². The predicted molar refractivity (Wildman–Crippen MR) is 95.2 cm³/mol. The average molecular weight is 393 g/mol. The second-order valence-electron chi connectivity index (χ2n) is 5.12. The second kappa shape index (κ2) is 8.28. The van der Waals surface area contributed by atoms with E-state index >= 15 is 0 Å². The Morgan fingerprint density at radius 1 is 1.00 bits per heavy atom. The van der Waals surface area contributed by atoms with Gasteiger partial charge in [0.2, 0.25) is 0 Å². The smallest absolute Gasteiger partial charge is 0.339 e. The number of benzene rings is 2.